The number of nitrogens with one attached hydrogen (secondary N) is 2. The number of thioether (sulfide) groups is 1. The molecule has 0 spiro atoms. The van der Waals surface area contributed by atoms with Crippen molar-refractivity contribution in [2.45, 2.75) is 30.6 Å². The Labute approximate surface area is 204 Å². The number of aryl methyl sites for hydroxylation is 1. The van der Waals surface area contributed by atoms with Gasteiger partial charge in [-0.1, -0.05) is 12.1 Å². The largest absolute Gasteiger partial charge is 0.322 e. The van der Waals surface area contributed by atoms with E-state index in [4.69, 9.17) is 0 Å². The number of benzene rings is 2. The highest BCUT2D eigenvalue weighted by Crippen LogP contribution is 2.37. The molecule has 4 rings (SSSR count). The van der Waals surface area contributed by atoms with Gasteiger partial charge < -0.3 is 10.6 Å². The fraction of sp³-hybridized carbons (Fsp3) is 0.208. The molecule has 2 N–H and O–H groups in total. The van der Waals surface area contributed by atoms with E-state index in [1.54, 1.807) is 18.2 Å². The normalized spacial score (nSPS) is 12.3. The summed E-state index contributed by atoms with van der Waals surface area (Å²) in [6.45, 7) is 0. The van der Waals surface area contributed by atoms with E-state index >= 15 is 0 Å². The molecule has 1 aliphatic carbocycles. The SMILES string of the molecule is N#Cc1c(NC(=O)CSc2cccc(NC(=O)c3cccc([N+](=O)[O-])c3)c2)sc2c1CCCC2. The molecule has 2 aromatic carbocycles. The van der Waals surface area contributed by atoms with E-state index in [1.165, 1.54) is 52.2 Å². The first-order chi connectivity index (χ1) is 16.4. The lowest BCUT2D eigenvalue weighted by molar-refractivity contribution is -0.384. The van der Waals surface area contributed by atoms with Crippen LogP contribution in [0.25, 0.3) is 0 Å². The molecular weight excluding hydrogens is 472 g/mol. The molecule has 0 saturated carbocycles. The lowest BCUT2D eigenvalue weighted by atomic mass is 9.96. The van der Waals surface area contributed by atoms with E-state index in [0.29, 0.717) is 16.3 Å². The van der Waals surface area contributed by atoms with E-state index in [9.17, 15) is 25.0 Å². The van der Waals surface area contributed by atoms with Gasteiger partial charge in [0, 0.05) is 33.2 Å². The Bertz CT molecular complexity index is 1310. The zero-order valence-electron chi connectivity index (χ0n) is 18.0. The zero-order chi connectivity index (χ0) is 24.1. The number of nitriles is 1. The van der Waals surface area contributed by atoms with Gasteiger partial charge in [-0.2, -0.15) is 5.26 Å². The summed E-state index contributed by atoms with van der Waals surface area (Å²) in [5.74, 6) is -0.518. The maximum absolute atomic E-state index is 12.5. The molecule has 0 atom stereocenters. The number of rotatable bonds is 7. The van der Waals surface area contributed by atoms with E-state index in [2.05, 4.69) is 16.7 Å². The molecule has 8 nitrogen and oxygen atoms in total. The second kappa shape index (κ2) is 10.5. The minimum atomic E-state index is -0.552. The number of nitrogens with zero attached hydrogens (tertiary/aromatic N) is 2. The van der Waals surface area contributed by atoms with Crippen LogP contribution >= 0.6 is 23.1 Å². The second-order valence-electron chi connectivity index (χ2n) is 7.65. The number of hydrogen-bond acceptors (Lipinski definition) is 7. The topological polar surface area (TPSA) is 125 Å². The molecule has 1 heterocycles. The first-order valence-corrected chi connectivity index (χ1v) is 12.4. The predicted octanol–water partition coefficient (Wildman–Crippen LogP) is 5.39. The Morgan fingerprint density at radius 2 is 1.91 bits per heavy atom. The molecule has 1 aliphatic rings. The van der Waals surface area contributed by atoms with E-state index < -0.39 is 10.8 Å². The summed E-state index contributed by atoms with van der Waals surface area (Å²) < 4.78 is 0. The van der Waals surface area contributed by atoms with Crippen molar-refractivity contribution in [2.75, 3.05) is 16.4 Å². The molecule has 0 bridgehead atoms. The molecule has 0 saturated heterocycles. The van der Waals surface area contributed by atoms with Crippen LogP contribution in [0.1, 0.15) is 39.2 Å². The average molecular weight is 493 g/mol. The molecule has 0 fully saturated rings. The highest BCUT2D eigenvalue weighted by molar-refractivity contribution is 8.00. The van der Waals surface area contributed by atoms with Crippen molar-refractivity contribution < 1.29 is 14.5 Å². The first kappa shape index (κ1) is 23.5. The Balaban J connectivity index is 1.37. The summed E-state index contributed by atoms with van der Waals surface area (Å²) in [7, 11) is 0. The van der Waals surface area contributed by atoms with Crippen LogP contribution < -0.4 is 10.6 Å². The van der Waals surface area contributed by atoms with Crippen molar-refractivity contribution in [3.05, 3.63) is 80.2 Å². The van der Waals surface area contributed by atoms with Crippen LogP contribution in [0.15, 0.2) is 53.4 Å². The summed E-state index contributed by atoms with van der Waals surface area (Å²) in [5, 5.41) is 26.7. The van der Waals surface area contributed by atoms with Gasteiger partial charge in [-0.3, -0.25) is 19.7 Å². The van der Waals surface area contributed by atoms with Gasteiger partial charge >= 0.3 is 0 Å². The third-order valence-corrected chi connectivity index (χ3v) is 7.52. The smallest absolute Gasteiger partial charge is 0.270 e. The summed E-state index contributed by atoms with van der Waals surface area (Å²) in [4.78, 5) is 37.4. The molecule has 2 amide bonds. The van der Waals surface area contributed by atoms with Crippen LogP contribution in [0.3, 0.4) is 0 Å². The number of thiophene rings is 1. The fourth-order valence-electron chi connectivity index (χ4n) is 3.71. The number of amides is 2. The van der Waals surface area contributed by atoms with Crippen LogP contribution in [0.4, 0.5) is 16.4 Å². The number of nitro groups is 1. The molecule has 0 radical (unpaired) electrons. The Hall–Kier alpha value is -3.68. The zero-order valence-corrected chi connectivity index (χ0v) is 19.6. The highest BCUT2D eigenvalue weighted by Gasteiger charge is 2.21. The highest BCUT2D eigenvalue weighted by atomic mass is 32.2. The Morgan fingerprint density at radius 1 is 1.12 bits per heavy atom. The molecule has 3 aromatic rings. The van der Waals surface area contributed by atoms with Gasteiger partial charge in [0.25, 0.3) is 11.6 Å². The third kappa shape index (κ3) is 5.44. The second-order valence-corrected chi connectivity index (χ2v) is 9.81. The van der Waals surface area contributed by atoms with E-state index in [0.717, 1.165) is 36.1 Å². The van der Waals surface area contributed by atoms with Crippen molar-refractivity contribution in [3.63, 3.8) is 0 Å². The molecule has 10 heteroatoms. The van der Waals surface area contributed by atoms with Crippen LogP contribution in [0, 0.1) is 21.4 Å². The van der Waals surface area contributed by atoms with E-state index in [1.807, 2.05) is 6.07 Å². The van der Waals surface area contributed by atoms with Gasteiger partial charge in [-0.15, -0.1) is 23.1 Å². The average Bonchev–Trinajstić information content (AvgIpc) is 3.19. The summed E-state index contributed by atoms with van der Waals surface area (Å²) in [6.07, 6.45) is 4.01. The van der Waals surface area contributed by atoms with Crippen LogP contribution in [0.2, 0.25) is 0 Å². The number of nitro benzene ring substituents is 1. The van der Waals surface area contributed by atoms with Crippen molar-refractivity contribution in [2.24, 2.45) is 0 Å². The number of anilines is 2. The summed E-state index contributed by atoms with van der Waals surface area (Å²) in [5.41, 5.74) is 2.20. The third-order valence-electron chi connectivity index (χ3n) is 5.32. The van der Waals surface area contributed by atoms with Crippen molar-refractivity contribution >= 4 is 51.3 Å². The number of carbonyl (C=O) groups is 2. The number of non-ortho nitro benzene ring substituents is 1. The van der Waals surface area contributed by atoms with Crippen molar-refractivity contribution in [1.29, 1.82) is 5.26 Å². The molecule has 0 unspecified atom stereocenters. The summed E-state index contributed by atoms with van der Waals surface area (Å²) >= 11 is 2.80. The van der Waals surface area contributed by atoms with Gasteiger partial charge in [0.15, 0.2) is 0 Å². The lowest BCUT2D eigenvalue weighted by Crippen LogP contribution is -2.14. The van der Waals surface area contributed by atoms with Crippen molar-refractivity contribution in [3.8, 4) is 6.07 Å². The quantitative estimate of drug-likeness (QED) is 0.259. The predicted molar refractivity (Wildman–Crippen MR) is 133 cm³/mol. The van der Waals surface area contributed by atoms with Gasteiger partial charge in [0.2, 0.25) is 5.91 Å². The molecule has 172 valence electrons. The number of hydrogen-bond donors (Lipinski definition) is 2. The molecular formula is C24H20N4O4S2. The monoisotopic (exact) mass is 492 g/mol. The Morgan fingerprint density at radius 3 is 2.71 bits per heavy atom. The number of fused-ring (bicyclic) bond motifs is 1. The maximum atomic E-state index is 12.5. The summed E-state index contributed by atoms with van der Waals surface area (Å²) in [6, 6.07) is 14.8. The lowest BCUT2D eigenvalue weighted by Gasteiger charge is -2.09. The molecule has 0 aliphatic heterocycles. The maximum Gasteiger partial charge on any atom is 0.270 e. The molecule has 1 aromatic heterocycles. The molecule has 34 heavy (non-hydrogen) atoms. The van der Waals surface area contributed by atoms with Crippen molar-refractivity contribution in [1.82, 2.24) is 0 Å². The van der Waals surface area contributed by atoms with Crippen LogP contribution in [-0.2, 0) is 17.6 Å². The first-order valence-electron chi connectivity index (χ1n) is 10.6. The van der Waals surface area contributed by atoms with Gasteiger partial charge in [0.05, 0.1) is 16.2 Å². The minimum Gasteiger partial charge on any atom is -0.322 e. The van der Waals surface area contributed by atoms with Crippen LogP contribution in [-0.4, -0.2) is 22.5 Å². The standard InChI is InChI=1S/C24H20N4O4S2/c25-13-20-19-9-1-2-10-21(19)34-24(20)27-22(29)14-33-18-8-4-6-16(12-18)26-23(30)15-5-3-7-17(11-15)28(31)32/h3-8,11-12H,1-2,9-10,14H2,(H,26,30)(H,27,29). The minimum absolute atomic E-state index is 0.149. The van der Waals surface area contributed by atoms with Gasteiger partial charge in [-0.25, -0.2) is 0 Å². The fourth-order valence-corrected chi connectivity index (χ4v) is 5.72. The van der Waals surface area contributed by atoms with E-state index in [-0.39, 0.29) is 22.9 Å². The van der Waals surface area contributed by atoms with Crippen LogP contribution in [0.5, 0.6) is 0 Å². The Kier molecular flexibility index (Phi) is 7.25. The number of carbonyl (C=O) groups excluding carboxylic acids is 2. The van der Waals surface area contributed by atoms with Gasteiger partial charge in [0.1, 0.15) is 11.1 Å². The van der Waals surface area contributed by atoms with Gasteiger partial charge in [-0.05, 0) is 55.5 Å².